The average molecular weight is 698 g/mol. The van der Waals surface area contributed by atoms with Gasteiger partial charge in [-0.25, -0.2) is 4.79 Å². The molecule has 0 amide bonds. The number of esters is 1. The summed E-state index contributed by atoms with van der Waals surface area (Å²) in [6.07, 6.45) is 22.5. The monoisotopic (exact) mass is 697 g/mol. The van der Waals surface area contributed by atoms with Gasteiger partial charge in [-0.2, -0.15) is 0 Å². The molecule has 1 saturated heterocycles. The van der Waals surface area contributed by atoms with E-state index in [2.05, 4.69) is 42.2 Å². The van der Waals surface area contributed by atoms with Crippen LogP contribution >= 0.6 is 12.4 Å². The summed E-state index contributed by atoms with van der Waals surface area (Å²) in [5.41, 5.74) is 4.62. The molecular weight excluding hydrogens is 634 g/mol. The van der Waals surface area contributed by atoms with Crippen molar-refractivity contribution in [2.24, 2.45) is 5.92 Å². The van der Waals surface area contributed by atoms with Crippen LogP contribution in [0.1, 0.15) is 133 Å². The summed E-state index contributed by atoms with van der Waals surface area (Å²) in [5.74, 6) is 2.29. The fourth-order valence-electron chi connectivity index (χ4n) is 7.31. The predicted octanol–water partition coefficient (Wildman–Crippen LogP) is 10.7. The van der Waals surface area contributed by atoms with Gasteiger partial charge in [0.05, 0.1) is 14.2 Å². The SMILES string of the molecule is CCCCCCCCCCCCCCCCOCC(=O)OC1=C(CC2CCN(Cc3ccccc3)CC2)Cc2cc(OC)c(OC)cc21.Cl. The van der Waals surface area contributed by atoms with Crippen LogP contribution in [-0.2, 0) is 27.2 Å². The Hall–Kier alpha value is -2.54. The first-order valence-corrected chi connectivity index (χ1v) is 19.1. The lowest BCUT2D eigenvalue weighted by Gasteiger charge is -2.32. The molecule has 7 heteroatoms. The third-order valence-electron chi connectivity index (χ3n) is 10.1. The summed E-state index contributed by atoms with van der Waals surface area (Å²) >= 11 is 0. The number of carbonyl (C=O) groups excluding carboxylic acids is 1. The first-order valence-electron chi connectivity index (χ1n) is 19.1. The van der Waals surface area contributed by atoms with Crippen LogP contribution in [0.4, 0.5) is 0 Å². The van der Waals surface area contributed by atoms with Gasteiger partial charge in [-0.1, -0.05) is 121 Å². The van der Waals surface area contributed by atoms with Crippen molar-refractivity contribution in [3.05, 3.63) is 64.7 Å². The highest BCUT2D eigenvalue weighted by Gasteiger charge is 2.30. The van der Waals surface area contributed by atoms with Crippen LogP contribution in [0, 0.1) is 5.92 Å². The molecule has 0 bridgehead atoms. The zero-order chi connectivity index (χ0) is 33.8. The van der Waals surface area contributed by atoms with Gasteiger partial charge < -0.3 is 18.9 Å². The number of unbranched alkanes of at least 4 members (excludes halogenated alkanes) is 13. The Morgan fingerprint density at radius 3 is 1.94 bits per heavy atom. The Labute approximate surface area is 303 Å². The molecule has 6 nitrogen and oxygen atoms in total. The molecule has 1 aliphatic heterocycles. The van der Waals surface area contributed by atoms with Crippen molar-refractivity contribution in [1.82, 2.24) is 4.90 Å². The van der Waals surface area contributed by atoms with Crippen LogP contribution in [0.15, 0.2) is 48.0 Å². The maximum Gasteiger partial charge on any atom is 0.337 e. The molecule has 274 valence electrons. The minimum absolute atomic E-state index is 0. The normalized spacial score (nSPS) is 14.8. The molecule has 1 heterocycles. The fraction of sp³-hybridized carbons (Fsp3) is 0.643. The summed E-state index contributed by atoms with van der Waals surface area (Å²) in [6, 6.07) is 14.7. The molecule has 1 fully saturated rings. The van der Waals surface area contributed by atoms with Gasteiger partial charge in [0.25, 0.3) is 0 Å². The number of methoxy groups -OCH3 is 2. The molecule has 1 aliphatic carbocycles. The maximum absolute atomic E-state index is 13.0. The van der Waals surface area contributed by atoms with Crippen molar-refractivity contribution in [3.8, 4) is 11.5 Å². The van der Waals surface area contributed by atoms with Crippen molar-refractivity contribution in [1.29, 1.82) is 0 Å². The Kier molecular flexibility index (Phi) is 19.8. The van der Waals surface area contributed by atoms with E-state index in [9.17, 15) is 4.79 Å². The number of piperidine rings is 1. The van der Waals surface area contributed by atoms with E-state index >= 15 is 0 Å². The third kappa shape index (κ3) is 14.3. The van der Waals surface area contributed by atoms with E-state index in [4.69, 9.17) is 18.9 Å². The lowest BCUT2D eigenvalue weighted by atomic mass is 9.89. The zero-order valence-electron chi connectivity index (χ0n) is 30.8. The molecule has 0 spiro atoms. The quantitative estimate of drug-likeness (QED) is 0.0804. The molecule has 49 heavy (non-hydrogen) atoms. The van der Waals surface area contributed by atoms with Gasteiger partial charge in [-0.15, -0.1) is 12.4 Å². The molecule has 2 aliphatic rings. The van der Waals surface area contributed by atoms with Crippen molar-refractivity contribution >= 4 is 24.1 Å². The molecule has 4 rings (SSSR count). The predicted molar refractivity (Wildman–Crippen MR) is 204 cm³/mol. The molecular formula is C42H64ClNO5. The van der Waals surface area contributed by atoms with Gasteiger partial charge in [0.2, 0.25) is 0 Å². The van der Waals surface area contributed by atoms with Crippen molar-refractivity contribution in [3.63, 3.8) is 0 Å². The van der Waals surface area contributed by atoms with Crippen molar-refractivity contribution in [2.45, 2.75) is 129 Å². The van der Waals surface area contributed by atoms with Crippen LogP contribution < -0.4 is 9.47 Å². The smallest absolute Gasteiger partial charge is 0.337 e. The standard InChI is InChI=1S/C42H63NO5.ClH/c1-4-5-6-7-8-9-10-11-12-13-14-15-16-20-27-47-33-41(44)48-42-37(29-36-30-39(45-2)40(46-3)31-38(36)42)28-34-23-25-43(26-24-34)32-35-21-18-17-19-22-35;/h17-19,21-22,30-31,34H,4-16,20,23-29,32-33H2,1-3H3;1H. The van der Waals surface area contributed by atoms with E-state index in [1.165, 1.54) is 88.2 Å². The van der Waals surface area contributed by atoms with E-state index < -0.39 is 0 Å². The highest BCUT2D eigenvalue weighted by atomic mass is 35.5. The summed E-state index contributed by atoms with van der Waals surface area (Å²) < 4.78 is 23.1. The Balaban J connectivity index is 0.00000650. The van der Waals surface area contributed by atoms with Crippen molar-refractivity contribution in [2.75, 3.05) is 40.5 Å². The number of ether oxygens (including phenoxy) is 4. The third-order valence-corrected chi connectivity index (χ3v) is 10.1. The van der Waals surface area contributed by atoms with Gasteiger partial charge in [0.1, 0.15) is 12.4 Å². The largest absolute Gasteiger partial charge is 0.493 e. The summed E-state index contributed by atoms with van der Waals surface area (Å²) in [5, 5.41) is 0. The van der Waals surface area contributed by atoms with Crippen molar-refractivity contribution < 1.29 is 23.7 Å². The fourth-order valence-corrected chi connectivity index (χ4v) is 7.31. The lowest BCUT2D eigenvalue weighted by molar-refractivity contribution is -0.141. The highest BCUT2D eigenvalue weighted by molar-refractivity contribution is 5.85. The maximum atomic E-state index is 13.0. The number of allylic oxidation sites excluding steroid dienone is 1. The van der Waals surface area contributed by atoms with E-state index in [1.807, 2.05) is 12.1 Å². The molecule has 2 aromatic carbocycles. The first-order chi connectivity index (χ1) is 23.6. The number of nitrogens with zero attached hydrogens (tertiary/aromatic N) is 1. The van der Waals surface area contributed by atoms with E-state index in [0.29, 0.717) is 29.8 Å². The number of rotatable bonds is 24. The molecule has 0 saturated carbocycles. The number of hydrogen-bond acceptors (Lipinski definition) is 6. The molecule has 0 aromatic heterocycles. The number of halogens is 1. The van der Waals surface area contributed by atoms with Gasteiger partial charge in [-0.05, 0) is 79.9 Å². The Morgan fingerprint density at radius 2 is 1.35 bits per heavy atom. The molecule has 2 aromatic rings. The van der Waals surface area contributed by atoms with Gasteiger partial charge in [0.15, 0.2) is 11.5 Å². The van der Waals surface area contributed by atoms with Gasteiger partial charge in [0, 0.05) is 18.7 Å². The number of hydrogen-bond donors (Lipinski definition) is 0. The second-order valence-corrected chi connectivity index (χ2v) is 14.0. The average Bonchev–Trinajstić information content (AvgIpc) is 3.43. The number of carbonyl (C=O) groups is 1. The Bertz CT molecular complexity index is 1240. The van der Waals surface area contributed by atoms with Gasteiger partial charge >= 0.3 is 5.97 Å². The van der Waals surface area contributed by atoms with E-state index in [-0.39, 0.29) is 25.0 Å². The number of fused-ring (bicyclic) bond motifs is 1. The number of likely N-dealkylation sites (tertiary alicyclic amines) is 1. The van der Waals surface area contributed by atoms with Crippen LogP contribution in [0.3, 0.4) is 0 Å². The van der Waals surface area contributed by atoms with Crippen LogP contribution in [-0.4, -0.2) is 51.4 Å². The minimum Gasteiger partial charge on any atom is -0.493 e. The first kappa shape index (κ1) is 40.9. The topological polar surface area (TPSA) is 57.2 Å². The Morgan fingerprint density at radius 1 is 0.776 bits per heavy atom. The molecule has 0 N–H and O–H groups in total. The molecule has 0 unspecified atom stereocenters. The van der Waals surface area contributed by atoms with Crippen LogP contribution in [0.5, 0.6) is 11.5 Å². The summed E-state index contributed by atoms with van der Waals surface area (Å²) in [4.78, 5) is 15.6. The summed E-state index contributed by atoms with van der Waals surface area (Å²) in [7, 11) is 3.30. The van der Waals surface area contributed by atoms with E-state index in [1.54, 1.807) is 14.2 Å². The van der Waals surface area contributed by atoms with E-state index in [0.717, 1.165) is 69.3 Å². The highest BCUT2D eigenvalue weighted by Crippen LogP contribution is 2.43. The van der Waals surface area contributed by atoms with Crippen LogP contribution in [0.2, 0.25) is 0 Å². The van der Waals surface area contributed by atoms with Gasteiger partial charge in [-0.3, -0.25) is 4.90 Å². The second kappa shape index (κ2) is 23.8. The number of benzene rings is 2. The molecule has 0 atom stereocenters. The zero-order valence-corrected chi connectivity index (χ0v) is 31.6. The minimum atomic E-state index is -0.326. The summed E-state index contributed by atoms with van der Waals surface area (Å²) in [6.45, 7) is 6.04. The second-order valence-electron chi connectivity index (χ2n) is 14.0. The molecule has 0 radical (unpaired) electrons. The van der Waals surface area contributed by atoms with Crippen LogP contribution in [0.25, 0.3) is 5.76 Å². The lowest BCUT2D eigenvalue weighted by Crippen LogP contribution is -2.33.